The Kier molecular flexibility index (Phi) is 6.63. The van der Waals surface area contributed by atoms with E-state index in [2.05, 4.69) is 43.0 Å². The zero-order valence-electron chi connectivity index (χ0n) is 19.9. The lowest BCUT2D eigenvalue weighted by Crippen LogP contribution is -2.49. The van der Waals surface area contributed by atoms with Crippen molar-refractivity contribution in [3.63, 3.8) is 0 Å². The van der Waals surface area contributed by atoms with E-state index in [-0.39, 0.29) is 24.5 Å². The second kappa shape index (κ2) is 9.61. The van der Waals surface area contributed by atoms with Crippen LogP contribution in [0.3, 0.4) is 0 Å². The number of benzene rings is 2. The highest BCUT2D eigenvalue weighted by Crippen LogP contribution is 2.26. The summed E-state index contributed by atoms with van der Waals surface area (Å²) in [7, 11) is 1.55. The second-order valence-electron chi connectivity index (χ2n) is 8.76. The Balaban J connectivity index is 1.36. The molecule has 3 aromatic rings. The van der Waals surface area contributed by atoms with Gasteiger partial charge in [-0.3, -0.25) is 9.59 Å². The molecule has 2 heterocycles. The summed E-state index contributed by atoms with van der Waals surface area (Å²) in [4.78, 5) is 34.5. The largest absolute Gasteiger partial charge is 0.496 e. The van der Waals surface area contributed by atoms with E-state index in [1.807, 2.05) is 24.0 Å². The number of carbonyl (C=O) groups excluding carboxylic acids is 2. The SMILES string of the molecule is COc1ccc(C)cc1C(=O)CCC(=O)N1CCN(c2cc(C)c3cccc(C)c3n2)CC1. The number of aryl methyl sites for hydroxylation is 3. The first-order valence-electron chi connectivity index (χ1n) is 11.4. The van der Waals surface area contributed by atoms with E-state index in [1.54, 1.807) is 13.2 Å². The topological polar surface area (TPSA) is 62.7 Å². The molecule has 33 heavy (non-hydrogen) atoms. The van der Waals surface area contributed by atoms with Crippen LogP contribution in [0.2, 0.25) is 0 Å². The number of pyridine rings is 1. The van der Waals surface area contributed by atoms with Gasteiger partial charge in [0.05, 0.1) is 18.2 Å². The molecule has 0 saturated carbocycles. The maximum atomic E-state index is 12.8. The van der Waals surface area contributed by atoms with Gasteiger partial charge in [0.15, 0.2) is 5.78 Å². The monoisotopic (exact) mass is 445 g/mol. The Morgan fingerprint density at radius 3 is 2.42 bits per heavy atom. The number of methoxy groups -OCH3 is 1. The van der Waals surface area contributed by atoms with Gasteiger partial charge in [0.2, 0.25) is 5.91 Å². The van der Waals surface area contributed by atoms with E-state index < -0.39 is 0 Å². The first-order valence-corrected chi connectivity index (χ1v) is 11.4. The number of hydrogen-bond acceptors (Lipinski definition) is 5. The van der Waals surface area contributed by atoms with Gasteiger partial charge in [0, 0.05) is 44.4 Å². The van der Waals surface area contributed by atoms with Crippen molar-refractivity contribution >= 4 is 28.4 Å². The Morgan fingerprint density at radius 1 is 0.939 bits per heavy atom. The number of ether oxygens (including phenoxy) is 1. The minimum atomic E-state index is -0.0613. The first kappa shape index (κ1) is 22.8. The Morgan fingerprint density at radius 2 is 1.70 bits per heavy atom. The molecule has 1 fully saturated rings. The van der Waals surface area contributed by atoms with Gasteiger partial charge >= 0.3 is 0 Å². The van der Waals surface area contributed by atoms with E-state index in [4.69, 9.17) is 9.72 Å². The molecule has 172 valence electrons. The molecule has 1 saturated heterocycles. The number of amides is 1. The summed E-state index contributed by atoms with van der Waals surface area (Å²) in [6, 6.07) is 13.9. The molecule has 0 radical (unpaired) electrons. The summed E-state index contributed by atoms with van der Waals surface area (Å²) >= 11 is 0. The third-order valence-electron chi connectivity index (χ3n) is 6.41. The minimum Gasteiger partial charge on any atom is -0.496 e. The summed E-state index contributed by atoms with van der Waals surface area (Å²) in [6.45, 7) is 8.87. The summed E-state index contributed by atoms with van der Waals surface area (Å²) in [5, 5.41) is 1.18. The van der Waals surface area contributed by atoms with Crippen molar-refractivity contribution < 1.29 is 14.3 Å². The minimum absolute atomic E-state index is 0.0214. The van der Waals surface area contributed by atoms with Crippen molar-refractivity contribution in [1.29, 1.82) is 0 Å². The molecule has 0 aliphatic carbocycles. The molecule has 1 aromatic heterocycles. The number of Topliss-reactive ketones (excluding diaryl/α,β-unsaturated/α-hetero) is 1. The van der Waals surface area contributed by atoms with Crippen molar-refractivity contribution in [2.75, 3.05) is 38.2 Å². The molecule has 6 heteroatoms. The van der Waals surface area contributed by atoms with Crippen LogP contribution in [-0.2, 0) is 4.79 Å². The van der Waals surface area contributed by atoms with Crippen LogP contribution < -0.4 is 9.64 Å². The van der Waals surface area contributed by atoms with Crippen LogP contribution in [-0.4, -0.2) is 54.9 Å². The Bertz CT molecular complexity index is 1200. The molecule has 0 atom stereocenters. The summed E-state index contributed by atoms with van der Waals surface area (Å²) in [5.41, 5.74) is 4.96. The van der Waals surface area contributed by atoms with Crippen LogP contribution in [0, 0.1) is 20.8 Å². The predicted molar refractivity (Wildman–Crippen MR) is 131 cm³/mol. The number of anilines is 1. The smallest absolute Gasteiger partial charge is 0.223 e. The van der Waals surface area contributed by atoms with Gasteiger partial charge in [-0.2, -0.15) is 0 Å². The third kappa shape index (κ3) is 4.85. The average molecular weight is 446 g/mol. The van der Waals surface area contributed by atoms with Crippen LogP contribution in [0.25, 0.3) is 10.9 Å². The van der Waals surface area contributed by atoms with Gasteiger partial charge in [0.1, 0.15) is 11.6 Å². The standard InChI is InChI=1S/C27H31N3O3/c1-18-8-10-24(33-4)22(16-18)23(31)9-11-26(32)30-14-12-29(13-15-30)25-17-20(3)21-7-5-6-19(2)27(21)28-25/h5-8,10,16-17H,9,11-15H2,1-4H3. The number of rotatable bonds is 6. The first-order chi connectivity index (χ1) is 15.9. The molecule has 0 bridgehead atoms. The fourth-order valence-electron chi connectivity index (χ4n) is 4.44. The van der Waals surface area contributed by atoms with Crippen molar-refractivity contribution in [2.24, 2.45) is 0 Å². The molecule has 0 unspecified atom stereocenters. The number of piperazine rings is 1. The Labute approximate surface area is 195 Å². The van der Waals surface area contributed by atoms with Gasteiger partial charge < -0.3 is 14.5 Å². The summed E-state index contributed by atoms with van der Waals surface area (Å²) < 4.78 is 5.31. The molecule has 1 aliphatic heterocycles. The zero-order chi connectivity index (χ0) is 23.5. The molecule has 1 aliphatic rings. The molecule has 0 N–H and O–H groups in total. The van der Waals surface area contributed by atoms with Gasteiger partial charge in [-0.15, -0.1) is 0 Å². The molecule has 2 aromatic carbocycles. The lowest BCUT2D eigenvalue weighted by atomic mass is 10.0. The third-order valence-corrected chi connectivity index (χ3v) is 6.41. The number of nitrogens with zero attached hydrogens (tertiary/aromatic N) is 3. The van der Waals surface area contributed by atoms with Crippen molar-refractivity contribution in [3.05, 3.63) is 64.7 Å². The van der Waals surface area contributed by atoms with E-state index >= 15 is 0 Å². The van der Waals surface area contributed by atoms with Gasteiger partial charge in [0.25, 0.3) is 0 Å². The van der Waals surface area contributed by atoms with Gasteiger partial charge in [-0.1, -0.05) is 29.8 Å². The van der Waals surface area contributed by atoms with Crippen molar-refractivity contribution in [2.45, 2.75) is 33.6 Å². The number of aromatic nitrogens is 1. The molecular weight excluding hydrogens is 414 g/mol. The second-order valence-corrected chi connectivity index (χ2v) is 8.76. The molecular formula is C27H31N3O3. The normalized spacial score (nSPS) is 13.9. The zero-order valence-corrected chi connectivity index (χ0v) is 19.9. The van der Waals surface area contributed by atoms with Crippen LogP contribution >= 0.6 is 0 Å². The highest BCUT2D eigenvalue weighted by atomic mass is 16.5. The number of fused-ring (bicyclic) bond motifs is 1. The van der Waals surface area contributed by atoms with E-state index in [9.17, 15) is 9.59 Å². The van der Waals surface area contributed by atoms with Gasteiger partial charge in [-0.25, -0.2) is 4.98 Å². The summed E-state index contributed by atoms with van der Waals surface area (Å²) in [5.74, 6) is 1.48. The van der Waals surface area contributed by atoms with Crippen LogP contribution in [0.4, 0.5) is 5.82 Å². The van der Waals surface area contributed by atoms with Crippen LogP contribution in [0.5, 0.6) is 5.75 Å². The fraction of sp³-hybridized carbons (Fsp3) is 0.370. The molecule has 1 amide bonds. The number of hydrogen-bond donors (Lipinski definition) is 0. The van der Waals surface area contributed by atoms with Crippen molar-refractivity contribution in [1.82, 2.24) is 9.88 Å². The highest BCUT2D eigenvalue weighted by Gasteiger charge is 2.23. The van der Waals surface area contributed by atoms with Crippen LogP contribution in [0.15, 0.2) is 42.5 Å². The predicted octanol–water partition coefficient (Wildman–Crippen LogP) is 4.48. The van der Waals surface area contributed by atoms with E-state index in [1.165, 1.54) is 16.5 Å². The lowest BCUT2D eigenvalue weighted by molar-refractivity contribution is -0.131. The van der Waals surface area contributed by atoms with E-state index in [0.717, 1.165) is 30.0 Å². The van der Waals surface area contributed by atoms with E-state index in [0.29, 0.717) is 24.4 Å². The molecule has 6 nitrogen and oxygen atoms in total. The molecule has 0 spiro atoms. The number of ketones is 1. The van der Waals surface area contributed by atoms with Gasteiger partial charge in [-0.05, 0) is 50.1 Å². The quantitative estimate of drug-likeness (QED) is 0.524. The average Bonchev–Trinajstić information content (AvgIpc) is 2.83. The number of carbonyl (C=O) groups is 2. The van der Waals surface area contributed by atoms with Crippen LogP contribution in [0.1, 0.15) is 39.9 Å². The highest BCUT2D eigenvalue weighted by molar-refractivity contribution is 6.00. The maximum Gasteiger partial charge on any atom is 0.223 e. The Hall–Kier alpha value is -3.41. The summed E-state index contributed by atoms with van der Waals surface area (Å²) in [6.07, 6.45) is 0.395. The lowest BCUT2D eigenvalue weighted by Gasteiger charge is -2.35. The van der Waals surface area contributed by atoms with Crippen molar-refractivity contribution in [3.8, 4) is 5.75 Å². The molecule has 4 rings (SSSR count). The fourth-order valence-corrected chi connectivity index (χ4v) is 4.44. The number of para-hydroxylation sites is 1. The maximum absolute atomic E-state index is 12.8.